The molecule has 0 spiro atoms. The Kier molecular flexibility index (Phi) is 2.28. The van der Waals surface area contributed by atoms with Crippen LogP contribution >= 0.6 is 0 Å². The number of benzene rings is 1. The van der Waals surface area contributed by atoms with Crippen molar-refractivity contribution in [2.24, 2.45) is 10.3 Å². The van der Waals surface area contributed by atoms with Crippen molar-refractivity contribution in [2.75, 3.05) is 0 Å². The van der Waals surface area contributed by atoms with Crippen LogP contribution in [0, 0.1) is 5.21 Å². The molecule has 2 N–H and O–H groups in total. The largest absolute Gasteiger partial charge is 0.600 e. The van der Waals surface area contributed by atoms with Crippen LogP contribution in [0.4, 0.5) is 0 Å². The molecule has 2 rings (SSSR count). The third-order valence-electron chi connectivity index (χ3n) is 1.95. The van der Waals surface area contributed by atoms with Gasteiger partial charge in [-0.15, -0.1) is 0 Å². The number of aromatic carboxylic acids is 1. The Balaban J connectivity index is 2.49. The molecule has 0 saturated heterocycles. The number of carboxylic acids is 1. The standard InChI is InChI=1S/C9H7N3O3/c13-9(14)7-4-2-1-3-6(7)8-5-12(15)11-10-8/h1-5,12H,(H,13,14). The maximum Gasteiger partial charge on any atom is 0.336 e. The lowest BCUT2D eigenvalue weighted by Crippen LogP contribution is -2.95. The highest BCUT2D eigenvalue weighted by molar-refractivity contribution is 5.93. The summed E-state index contributed by atoms with van der Waals surface area (Å²) in [5.74, 6) is -1.05. The molecule has 15 heavy (non-hydrogen) atoms. The lowest BCUT2D eigenvalue weighted by Gasteiger charge is -2.02. The SMILES string of the molecule is O=C(O)c1ccccc1C1=C[NH+]([O-])N=N1. The Labute approximate surface area is 84.7 Å². The zero-order valence-corrected chi connectivity index (χ0v) is 7.54. The van der Waals surface area contributed by atoms with Gasteiger partial charge in [-0.3, -0.25) is 0 Å². The second-order valence-corrected chi connectivity index (χ2v) is 2.92. The van der Waals surface area contributed by atoms with E-state index in [2.05, 4.69) is 10.3 Å². The van der Waals surface area contributed by atoms with E-state index in [1.807, 2.05) is 0 Å². The smallest absolute Gasteiger partial charge is 0.336 e. The van der Waals surface area contributed by atoms with Crippen LogP contribution in [0.1, 0.15) is 15.9 Å². The first-order chi connectivity index (χ1) is 7.18. The maximum absolute atomic E-state index is 10.9. The summed E-state index contributed by atoms with van der Waals surface area (Å²) in [7, 11) is 0. The van der Waals surface area contributed by atoms with Crippen molar-refractivity contribution in [2.45, 2.75) is 0 Å². The minimum atomic E-state index is -1.05. The van der Waals surface area contributed by atoms with Crippen LogP contribution in [0.15, 0.2) is 40.8 Å². The minimum absolute atomic E-state index is 0.109. The molecule has 0 saturated carbocycles. The highest BCUT2D eigenvalue weighted by Crippen LogP contribution is 2.20. The summed E-state index contributed by atoms with van der Waals surface area (Å²) in [5, 5.41) is 26.2. The van der Waals surface area contributed by atoms with E-state index in [9.17, 15) is 10.0 Å². The molecule has 1 aliphatic rings. The van der Waals surface area contributed by atoms with Gasteiger partial charge in [-0.05, 0) is 6.07 Å². The third kappa shape index (κ3) is 1.76. The molecule has 1 aliphatic heterocycles. The van der Waals surface area contributed by atoms with E-state index >= 15 is 0 Å². The maximum atomic E-state index is 10.9. The predicted octanol–water partition coefficient (Wildman–Crippen LogP) is 0.447. The summed E-state index contributed by atoms with van der Waals surface area (Å²) in [6, 6.07) is 6.34. The number of quaternary nitrogens is 1. The van der Waals surface area contributed by atoms with Crippen LogP contribution in [-0.2, 0) is 0 Å². The van der Waals surface area contributed by atoms with E-state index in [-0.39, 0.29) is 11.3 Å². The quantitative estimate of drug-likeness (QED) is 0.686. The van der Waals surface area contributed by atoms with Crippen molar-refractivity contribution in [1.29, 1.82) is 0 Å². The summed E-state index contributed by atoms with van der Waals surface area (Å²) in [6.45, 7) is 0. The van der Waals surface area contributed by atoms with E-state index in [4.69, 9.17) is 5.11 Å². The van der Waals surface area contributed by atoms with Gasteiger partial charge in [0, 0.05) is 10.8 Å². The monoisotopic (exact) mass is 205 g/mol. The summed E-state index contributed by atoms with van der Waals surface area (Å²) < 4.78 is 0. The number of hydrogen-bond acceptors (Lipinski definition) is 4. The lowest BCUT2D eigenvalue weighted by molar-refractivity contribution is -0.799. The van der Waals surface area contributed by atoms with Gasteiger partial charge in [0.15, 0.2) is 11.9 Å². The second-order valence-electron chi connectivity index (χ2n) is 2.92. The Morgan fingerprint density at radius 2 is 2.13 bits per heavy atom. The van der Waals surface area contributed by atoms with Crippen molar-refractivity contribution in [3.8, 4) is 0 Å². The predicted molar refractivity (Wildman–Crippen MR) is 50.6 cm³/mol. The van der Waals surface area contributed by atoms with Crippen molar-refractivity contribution >= 4 is 11.7 Å². The number of hydrogen-bond donors (Lipinski definition) is 2. The Morgan fingerprint density at radius 3 is 2.73 bits per heavy atom. The van der Waals surface area contributed by atoms with Gasteiger partial charge >= 0.3 is 5.97 Å². The fraction of sp³-hybridized carbons (Fsp3) is 0. The van der Waals surface area contributed by atoms with Crippen LogP contribution in [0.25, 0.3) is 5.70 Å². The van der Waals surface area contributed by atoms with Gasteiger partial charge in [0.2, 0.25) is 0 Å². The van der Waals surface area contributed by atoms with E-state index in [0.29, 0.717) is 5.56 Å². The average Bonchev–Trinajstić information content (AvgIpc) is 2.65. The van der Waals surface area contributed by atoms with Crippen molar-refractivity contribution in [3.63, 3.8) is 0 Å². The molecule has 0 radical (unpaired) electrons. The summed E-state index contributed by atoms with van der Waals surface area (Å²) in [4.78, 5) is 10.9. The number of nitrogens with one attached hydrogen (secondary N) is 1. The number of hydroxylamine groups is 1. The van der Waals surface area contributed by atoms with Gasteiger partial charge in [-0.2, -0.15) is 5.17 Å². The van der Waals surface area contributed by atoms with Gasteiger partial charge in [0.05, 0.1) is 5.56 Å². The highest BCUT2D eigenvalue weighted by atomic mass is 16.5. The van der Waals surface area contributed by atoms with Gasteiger partial charge < -0.3 is 10.3 Å². The van der Waals surface area contributed by atoms with Crippen LogP contribution in [-0.4, -0.2) is 11.1 Å². The molecule has 6 heteroatoms. The Hall–Kier alpha value is -2.05. The van der Waals surface area contributed by atoms with Crippen LogP contribution < -0.4 is 5.17 Å². The van der Waals surface area contributed by atoms with Crippen LogP contribution in [0.2, 0.25) is 0 Å². The third-order valence-corrected chi connectivity index (χ3v) is 1.95. The lowest BCUT2D eigenvalue weighted by atomic mass is 10.1. The van der Waals surface area contributed by atoms with Crippen LogP contribution in [0.3, 0.4) is 0 Å². The van der Waals surface area contributed by atoms with E-state index < -0.39 is 11.1 Å². The molecule has 76 valence electrons. The highest BCUT2D eigenvalue weighted by Gasteiger charge is 2.17. The first-order valence-electron chi connectivity index (χ1n) is 4.18. The molecule has 0 amide bonds. The molecule has 1 aromatic carbocycles. The van der Waals surface area contributed by atoms with Gasteiger partial charge in [0.1, 0.15) is 0 Å². The van der Waals surface area contributed by atoms with Crippen molar-refractivity contribution in [1.82, 2.24) is 0 Å². The molecule has 0 aromatic heterocycles. The minimum Gasteiger partial charge on any atom is -0.600 e. The molecule has 1 heterocycles. The molecule has 6 nitrogen and oxygen atoms in total. The second kappa shape index (κ2) is 3.60. The molecule has 1 atom stereocenters. The number of nitrogens with zero attached hydrogens (tertiary/aromatic N) is 2. The van der Waals surface area contributed by atoms with E-state index in [1.165, 1.54) is 12.3 Å². The zero-order chi connectivity index (χ0) is 10.8. The molecule has 1 unspecified atom stereocenters. The zero-order valence-electron chi connectivity index (χ0n) is 7.54. The van der Waals surface area contributed by atoms with Gasteiger partial charge in [-0.1, -0.05) is 23.3 Å². The summed E-state index contributed by atoms with van der Waals surface area (Å²) in [5.41, 5.74) is 0.801. The van der Waals surface area contributed by atoms with Gasteiger partial charge in [-0.25, -0.2) is 4.79 Å². The number of carboxylic acid groups (broad SMARTS) is 1. The number of rotatable bonds is 2. The summed E-state index contributed by atoms with van der Waals surface area (Å²) in [6.07, 6.45) is 1.21. The molecular weight excluding hydrogens is 198 g/mol. The molecule has 0 aliphatic carbocycles. The first kappa shape index (κ1) is 9.50. The molecule has 0 fully saturated rings. The Morgan fingerprint density at radius 1 is 1.40 bits per heavy atom. The van der Waals surface area contributed by atoms with Crippen molar-refractivity contribution in [3.05, 3.63) is 46.8 Å². The normalized spacial score (nSPS) is 19.0. The molecule has 1 aromatic rings. The fourth-order valence-electron chi connectivity index (χ4n) is 1.30. The Bertz CT molecular complexity index is 467. The van der Waals surface area contributed by atoms with Gasteiger partial charge in [0.25, 0.3) is 0 Å². The van der Waals surface area contributed by atoms with Crippen LogP contribution in [0.5, 0.6) is 0 Å². The molecular formula is C9H7N3O3. The topological polar surface area (TPSA) is 89.5 Å². The number of carbonyl (C=O) groups is 1. The fourth-order valence-corrected chi connectivity index (χ4v) is 1.30. The first-order valence-corrected chi connectivity index (χ1v) is 4.18. The average molecular weight is 205 g/mol. The molecule has 0 bridgehead atoms. The summed E-state index contributed by atoms with van der Waals surface area (Å²) >= 11 is 0. The van der Waals surface area contributed by atoms with E-state index in [0.717, 1.165) is 0 Å². The van der Waals surface area contributed by atoms with E-state index in [1.54, 1.807) is 18.2 Å². The van der Waals surface area contributed by atoms with Crippen molar-refractivity contribution < 1.29 is 15.1 Å².